The summed E-state index contributed by atoms with van der Waals surface area (Å²) in [6, 6.07) is 7.38. The molecule has 3 heterocycles. The average Bonchev–Trinajstić information content (AvgIpc) is 3.24. The molecule has 9 heteroatoms. The number of thioether (sulfide) groups is 1. The molecular formula is C21H27N7OS. The highest BCUT2D eigenvalue weighted by Gasteiger charge is 2.43. The monoisotopic (exact) mass is 425 g/mol. The van der Waals surface area contributed by atoms with Crippen molar-refractivity contribution < 1.29 is 4.79 Å². The number of carbonyl (C=O) groups is 1. The SMILES string of the molecule is CCSc1nc2n(n1)C(c1cn(C)nc1C)C(C(=O)Nc1ccccc1C)C(C)N2. The van der Waals surface area contributed by atoms with E-state index < -0.39 is 0 Å². The number of nitrogens with zero attached hydrogens (tertiary/aromatic N) is 5. The Bertz CT molecular complexity index is 1070. The smallest absolute Gasteiger partial charge is 0.232 e. The van der Waals surface area contributed by atoms with E-state index >= 15 is 0 Å². The molecule has 8 nitrogen and oxygen atoms in total. The van der Waals surface area contributed by atoms with Crippen LogP contribution in [-0.4, -0.2) is 42.2 Å². The molecule has 1 aliphatic rings. The number of anilines is 2. The van der Waals surface area contributed by atoms with Crippen LogP contribution >= 0.6 is 11.8 Å². The molecule has 0 spiro atoms. The number of para-hydroxylation sites is 1. The van der Waals surface area contributed by atoms with Crippen molar-refractivity contribution in [3.63, 3.8) is 0 Å². The van der Waals surface area contributed by atoms with Gasteiger partial charge in [-0.1, -0.05) is 36.9 Å². The number of nitrogens with one attached hydrogen (secondary N) is 2. The first-order valence-electron chi connectivity index (χ1n) is 10.1. The van der Waals surface area contributed by atoms with Crippen LogP contribution < -0.4 is 10.6 Å². The highest BCUT2D eigenvalue weighted by molar-refractivity contribution is 7.99. The number of amides is 1. The van der Waals surface area contributed by atoms with E-state index in [2.05, 4.69) is 27.6 Å². The lowest BCUT2D eigenvalue weighted by atomic mass is 9.85. The molecule has 3 unspecified atom stereocenters. The van der Waals surface area contributed by atoms with Gasteiger partial charge in [0.1, 0.15) is 0 Å². The van der Waals surface area contributed by atoms with Gasteiger partial charge in [0, 0.05) is 30.5 Å². The fraction of sp³-hybridized carbons (Fsp3) is 0.429. The second-order valence-corrected chi connectivity index (χ2v) is 8.88. The number of benzene rings is 1. The summed E-state index contributed by atoms with van der Waals surface area (Å²) in [6.45, 7) is 8.05. The van der Waals surface area contributed by atoms with Crippen molar-refractivity contribution in [3.05, 3.63) is 47.3 Å². The lowest BCUT2D eigenvalue weighted by molar-refractivity contribution is -0.121. The quantitative estimate of drug-likeness (QED) is 0.609. The first-order chi connectivity index (χ1) is 14.4. The van der Waals surface area contributed by atoms with Gasteiger partial charge in [-0.2, -0.15) is 10.1 Å². The maximum atomic E-state index is 13.5. The zero-order valence-electron chi connectivity index (χ0n) is 17.9. The van der Waals surface area contributed by atoms with Gasteiger partial charge < -0.3 is 10.6 Å². The van der Waals surface area contributed by atoms with E-state index in [1.165, 1.54) is 0 Å². The molecular weight excluding hydrogens is 398 g/mol. The molecule has 158 valence electrons. The van der Waals surface area contributed by atoms with Crippen molar-refractivity contribution in [1.82, 2.24) is 24.5 Å². The highest BCUT2D eigenvalue weighted by atomic mass is 32.2. The molecule has 0 fully saturated rings. The summed E-state index contributed by atoms with van der Waals surface area (Å²) in [6.07, 6.45) is 1.98. The van der Waals surface area contributed by atoms with Gasteiger partial charge in [0.15, 0.2) is 0 Å². The highest BCUT2D eigenvalue weighted by Crippen LogP contribution is 2.38. The molecule has 0 bridgehead atoms. The van der Waals surface area contributed by atoms with Gasteiger partial charge in [0.25, 0.3) is 0 Å². The molecule has 1 aliphatic heterocycles. The largest absolute Gasteiger partial charge is 0.351 e. The third-order valence-corrected chi connectivity index (χ3v) is 6.18. The van der Waals surface area contributed by atoms with E-state index in [4.69, 9.17) is 5.10 Å². The molecule has 2 N–H and O–H groups in total. The zero-order chi connectivity index (χ0) is 21.4. The Kier molecular flexibility index (Phi) is 5.55. The third-order valence-electron chi connectivity index (χ3n) is 5.46. The van der Waals surface area contributed by atoms with Gasteiger partial charge in [-0.05, 0) is 38.2 Å². The summed E-state index contributed by atoms with van der Waals surface area (Å²) >= 11 is 1.59. The van der Waals surface area contributed by atoms with Gasteiger partial charge in [-0.25, -0.2) is 4.68 Å². The summed E-state index contributed by atoms with van der Waals surface area (Å²) in [5.74, 6) is 1.13. The van der Waals surface area contributed by atoms with Crippen LogP contribution in [0.5, 0.6) is 0 Å². The van der Waals surface area contributed by atoms with Crippen molar-refractivity contribution in [2.45, 2.75) is 44.9 Å². The van der Waals surface area contributed by atoms with Crippen LogP contribution in [0.2, 0.25) is 0 Å². The lowest BCUT2D eigenvalue weighted by Gasteiger charge is -2.36. The molecule has 1 amide bonds. The van der Waals surface area contributed by atoms with E-state index in [1.807, 2.05) is 63.0 Å². The number of aryl methyl sites for hydroxylation is 3. The van der Waals surface area contributed by atoms with Crippen LogP contribution in [0.15, 0.2) is 35.6 Å². The van der Waals surface area contributed by atoms with Crippen molar-refractivity contribution in [3.8, 4) is 0 Å². The Morgan fingerprint density at radius 3 is 2.70 bits per heavy atom. The van der Waals surface area contributed by atoms with E-state index in [0.29, 0.717) is 11.1 Å². The molecule has 3 atom stereocenters. The number of hydrogen-bond acceptors (Lipinski definition) is 6. The maximum absolute atomic E-state index is 13.5. The molecule has 3 aromatic rings. The number of rotatable bonds is 5. The number of carbonyl (C=O) groups excluding carboxylic acids is 1. The van der Waals surface area contributed by atoms with Crippen molar-refractivity contribution in [1.29, 1.82) is 0 Å². The maximum Gasteiger partial charge on any atom is 0.232 e. The lowest BCUT2D eigenvalue weighted by Crippen LogP contribution is -2.46. The Morgan fingerprint density at radius 1 is 1.27 bits per heavy atom. The summed E-state index contributed by atoms with van der Waals surface area (Å²) in [4.78, 5) is 18.2. The van der Waals surface area contributed by atoms with Crippen molar-refractivity contribution in [2.75, 3.05) is 16.4 Å². The van der Waals surface area contributed by atoms with Crippen LogP contribution in [0.25, 0.3) is 0 Å². The summed E-state index contributed by atoms with van der Waals surface area (Å²) in [5, 5.41) is 16.5. The van der Waals surface area contributed by atoms with E-state index in [-0.39, 0.29) is 23.9 Å². The summed E-state index contributed by atoms with van der Waals surface area (Å²) < 4.78 is 3.64. The van der Waals surface area contributed by atoms with Crippen LogP contribution in [0.3, 0.4) is 0 Å². The second-order valence-electron chi connectivity index (χ2n) is 7.65. The fourth-order valence-corrected chi connectivity index (χ4v) is 4.59. The number of hydrogen-bond donors (Lipinski definition) is 2. The fourth-order valence-electron chi connectivity index (χ4n) is 4.04. The van der Waals surface area contributed by atoms with E-state index in [9.17, 15) is 4.79 Å². The van der Waals surface area contributed by atoms with Crippen molar-refractivity contribution >= 4 is 29.3 Å². The first kappa shape index (κ1) is 20.5. The predicted molar refractivity (Wildman–Crippen MR) is 119 cm³/mol. The molecule has 0 saturated carbocycles. The van der Waals surface area contributed by atoms with Gasteiger partial charge in [0.2, 0.25) is 17.0 Å². The Labute approximate surface area is 180 Å². The average molecular weight is 426 g/mol. The molecule has 0 radical (unpaired) electrons. The van der Waals surface area contributed by atoms with E-state index in [0.717, 1.165) is 28.3 Å². The minimum absolute atomic E-state index is 0.0524. The third kappa shape index (κ3) is 3.69. The Morgan fingerprint density at radius 2 is 2.03 bits per heavy atom. The zero-order valence-corrected chi connectivity index (χ0v) is 18.7. The predicted octanol–water partition coefficient (Wildman–Crippen LogP) is 3.40. The Hall–Kier alpha value is -2.81. The molecule has 0 aliphatic carbocycles. The first-order valence-corrected chi connectivity index (χ1v) is 11.1. The van der Waals surface area contributed by atoms with Crippen LogP contribution in [-0.2, 0) is 11.8 Å². The molecule has 0 saturated heterocycles. The summed E-state index contributed by atoms with van der Waals surface area (Å²) in [5.41, 5.74) is 3.72. The normalized spacial score (nSPS) is 20.5. The molecule has 4 rings (SSSR count). The second kappa shape index (κ2) is 8.14. The van der Waals surface area contributed by atoms with Crippen LogP contribution in [0, 0.1) is 19.8 Å². The van der Waals surface area contributed by atoms with Gasteiger partial charge in [-0.3, -0.25) is 9.48 Å². The van der Waals surface area contributed by atoms with Gasteiger partial charge in [-0.15, -0.1) is 5.10 Å². The van der Waals surface area contributed by atoms with E-state index in [1.54, 1.807) is 16.4 Å². The standard InChI is InChI=1S/C21H27N7OS/c1-6-30-21-24-20-22-14(4)17(19(29)23-16-10-8-7-9-12(16)2)18(28(20)26-21)15-11-27(5)25-13(15)3/h7-11,14,17-18H,6H2,1-5H3,(H,23,29)(H,22,24,26). The number of fused-ring (bicyclic) bond motifs is 1. The Balaban J connectivity index is 1.78. The minimum Gasteiger partial charge on any atom is -0.351 e. The van der Waals surface area contributed by atoms with Gasteiger partial charge in [0.05, 0.1) is 17.7 Å². The molecule has 30 heavy (non-hydrogen) atoms. The topological polar surface area (TPSA) is 89.7 Å². The van der Waals surface area contributed by atoms with Crippen molar-refractivity contribution in [2.24, 2.45) is 13.0 Å². The van der Waals surface area contributed by atoms with Crippen LogP contribution in [0.1, 0.15) is 36.7 Å². The minimum atomic E-state index is -0.388. The summed E-state index contributed by atoms with van der Waals surface area (Å²) in [7, 11) is 1.89. The molecule has 2 aromatic heterocycles. The van der Waals surface area contributed by atoms with Gasteiger partial charge >= 0.3 is 0 Å². The van der Waals surface area contributed by atoms with Crippen LogP contribution in [0.4, 0.5) is 11.6 Å². The number of aromatic nitrogens is 5. The molecule has 1 aromatic carbocycles.